The molecule has 1 unspecified atom stereocenters. The minimum Gasteiger partial charge on any atom is -0.497 e. The summed E-state index contributed by atoms with van der Waals surface area (Å²) in [6, 6.07) is 11.7. The standard InChI is InChI=1S/C46H84O5Si3/c1-20-24-31-45(13,14)41(49-54(21-2,22-3)23-4)30-25-36(5)32-40-42(50-52(16,17)43(7,8)9)37(6)33-46(40,51-53(18,19)44(10,11)12)35-48-34-38-26-28-39(47-15)29-27-38/h26-29,32,37,40-42H,21-23,25,30-31,33-35H2,1-19H3/b36-32+/t37-,40-,41?,42+,46-/m0/s1. The van der Waals surface area contributed by atoms with E-state index in [0.717, 1.165) is 55.1 Å². The van der Waals surface area contributed by atoms with Crippen LogP contribution in [0, 0.1) is 29.1 Å². The smallest absolute Gasteiger partial charge is 0.192 e. The highest BCUT2D eigenvalue weighted by molar-refractivity contribution is 6.74. The summed E-state index contributed by atoms with van der Waals surface area (Å²) < 4.78 is 34.8. The van der Waals surface area contributed by atoms with Crippen molar-refractivity contribution in [3.05, 3.63) is 41.5 Å². The molecule has 1 aliphatic rings. The summed E-state index contributed by atoms with van der Waals surface area (Å²) in [5.41, 5.74) is 1.97. The van der Waals surface area contributed by atoms with E-state index in [4.69, 9.17) is 22.8 Å². The monoisotopic (exact) mass is 801 g/mol. The van der Waals surface area contributed by atoms with E-state index in [1.165, 1.54) is 5.57 Å². The highest BCUT2D eigenvalue weighted by Gasteiger charge is 2.58. The first-order chi connectivity index (χ1) is 24.8. The van der Waals surface area contributed by atoms with Crippen molar-refractivity contribution >= 4 is 25.0 Å². The highest BCUT2D eigenvalue weighted by atomic mass is 28.4. The molecule has 310 valence electrons. The third-order valence-corrected chi connectivity index (χ3v) is 27.3. The normalized spacial score (nSPS) is 22.6. The molecule has 54 heavy (non-hydrogen) atoms. The Labute approximate surface area is 337 Å². The van der Waals surface area contributed by atoms with Gasteiger partial charge in [0.15, 0.2) is 25.0 Å². The lowest BCUT2D eigenvalue weighted by Gasteiger charge is -2.47. The van der Waals surface area contributed by atoms with Crippen molar-refractivity contribution in [2.75, 3.05) is 13.7 Å². The third-order valence-electron chi connectivity index (χ3n) is 13.6. The van der Waals surface area contributed by atoms with Gasteiger partial charge in [-0.25, -0.2) is 0 Å². The van der Waals surface area contributed by atoms with Gasteiger partial charge in [-0.2, -0.15) is 0 Å². The maximum Gasteiger partial charge on any atom is 0.192 e. The van der Waals surface area contributed by atoms with Crippen molar-refractivity contribution in [1.82, 2.24) is 0 Å². The predicted octanol–water partition coefficient (Wildman–Crippen LogP) is 13.6. The molecule has 1 saturated carbocycles. The van der Waals surface area contributed by atoms with Crippen molar-refractivity contribution in [3.63, 3.8) is 0 Å². The Morgan fingerprint density at radius 3 is 1.94 bits per heavy atom. The van der Waals surface area contributed by atoms with Crippen LogP contribution in [0.4, 0.5) is 0 Å². The topological polar surface area (TPSA) is 46.2 Å². The molecule has 0 saturated heterocycles. The van der Waals surface area contributed by atoms with Crippen LogP contribution in [0.15, 0.2) is 35.9 Å². The molecule has 5 nitrogen and oxygen atoms in total. The number of ether oxygens (including phenoxy) is 2. The molecule has 0 aromatic heterocycles. The molecule has 0 bridgehead atoms. The van der Waals surface area contributed by atoms with E-state index < -0.39 is 30.6 Å². The van der Waals surface area contributed by atoms with Crippen molar-refractivity contribution in [2.24, 2.45) is 17.3 Å². The van der Waals surface area contributed by atoms with Gasteiger partial charge in [-0.3, -0.25) is 0 Å². The lowest BCUT2D eigenvalue weighted by atomic mass is 9.80. The van der Waals surface area contributed by atoms with Crippen LogP contribution >= 0.6 is 0 Å². The molecule has 1 aromatic carbocycles. The van der Waals surface area contributed by atoms with Gasteiger partial charge in [0.25, 0.3) is 0 Å². The third kappa shape index (κ3) is 12.7. The zero-order valence-corrected chi connectivity index (χ0v) is 41.6. The summed E-state index contributed by atoms with van der Waals surface area (Å²) in [7, 11) is -4.50. The fourth-order valence-electron chi connectivity index (χ4n) is 7.51. The fourth-order valence-corrected chi connectivity index (χ4v) is 13.6. The molecule has 1 aliphatic carbocycles. The Morgan fingerprint density at radius 1 is 0.907 bits per heavy atom. The van der Waals surface area contributed by atoms with Crippen molar-refractivity contribution in [2.45, 2.75) is 201 Å². The van der Waals surface area contributed by atoms with Crippen LogP contribution in [0.5, 0.6) is 5.75 Å². The molecule has 5 atom stereocenters. The van der Waals surface area contributed by atoms with Crippen molar-refractivity contribution in [3.8, 4) is 17.6 Å². The predicted molar refractivity (Wildman–Crippen MR) is 240 cm³/mol. The van der Waals surface area contributed by atoms with Crippen LogP contribution in [0.2, 0.25) is 54.4 Å². The Morgan fingerprint density at radius 2 is 1.46 bits per heavy atom. The Kier molecular flexibility index (Phi) is 17.7. The van der Waals surface area contributed by atoms with Crippen molar-refractivity contribution < 1.29 is 22.8 Å². The summed E-state index contributed by atoms with van der Waals surface area (Å²) in [5.74, 6) is 7.79. The average molecular weight is 801 g/mol. The molecule has 2 rings (SSSR count). The van der Waals surface area contributed by atoms with Gasteiger partial charge in [-0.05, 0) is 111 Å². The van der Waals surface area contributed by atoms with Gasteiger partial charge in [0, 0.05) is 17.8 Å². The summed E-state index contributed by atoms with van der Waals surface area (Å²) in [4.78, 5) is 0. The summed E-state index contributed by atoms with van der Waals surface area (Å²) in [6.07, 6.45) is 6.45. The number of methoxy groups -OCH3 is 1. The van der Waals surface area contributed by atoms with Crippen LogP contribution < -0.4 is 4.74 Å². The van der Waals surface area contributed by atoms with E-state index in [0.29, 0.717) is 19.1 Å². The molecule has 0 N–H and O–H groups in total. The van der Waals surface area contributed by atoms with E-state index in [9.17, 15) is 0 Å². The van der Waals surface area contributed by atoms with E-state index >= 15 is 0 Å². The molecule has 1 aromatic rings. The number of benzene rings is 1. The summed E-state index contributed by atoms with van der Waals surface area (Å²) in [6.45, 7) is 43.1. The number of hydrogen-bond acceptors (Lipinski definition) is 5. The molecule has 8 heteroatoms. The largest absolute Gasteiger partial charge is 0.497 e. The maximum absolute atomic E-state index is 7.72. The number of allylic oxidation sites excluding steroid dienone is 1. The minimum atomic E-state index is -2.24. The molecule has 0 radical (unpaired) electrons. The van der Waals surface area contributed by atoms with Crippen LogP contribution in [0.1, 0.15) is 128 Å². The van der Waals surface area contributed by atoms with E-state index in [-0.39, 0.29) is 33.6 Å². The quantitative estimate of drug-likeness (QED) is 0.0747. The molecule has 0 spiro atoms. The molecule has 0 amide bonds. The van der Waals surface area contributed by atoms with E-state index in [1.54, 1.807) is 7.11 Å². The van der Waals surface area contributed by atoms with Gasteiger partial charge in [0.2, 0.25) is 0 Å². The Balaban J connectivity index is 2.69. The first-order valence-corrected chi connectivity index (χ1v) is 29.5. The van der Waals surface area contributed by atoms with Crippen molar-refractivity contribution in [1.29, 1.82) is 0 Å². The van der Waals surface area contributed by atoms with Gasteiger partial charge in [-0.1, -0.05) is 107 Å². The minimum absolute atomic E-state index is 0.0403. The second-order valence-electron chi connectivity index (χ2n) is 20.3. The summed E-state index contributed by atoms with van der Waals surface area (Å²) >= 11 is 0. The van der Waals surface area contributed by atoms with Crippen LogP contribution in [-0.4, -0.2) is 56.5 Å². The Hall–Kier alpha value is -1.19. The zero-order chi connectivity index (χ0) is 41.4. The lowest BCUT2D eigenvalue weighted by Crippen LogP contribution is -2.55. The zero-order valence-electron chi connectivity index (χ0n) is 38.6. The second kappa shape index (κ2) is 19.5. The average Bonchev–Trinajstić information content (AvgIpc) is 3.31. The van der Waals surface area contributed by atoms with Gasteiger partial charge >= 0.3 is 0 Å². The van der Waals surface area contributed by atoms with Crippen LogP contribution in [0.3, 0.4) is 0 Å². The summed E-state index contributed by atoms with van der Waals surface area (Å²) in [5, 5.41) is 0.144. The molecular weight excluding hydrogens is 717 g/mol. The second-order valence-corrected chi connectivity index (χ2v) is 34.5. The first kappa shape index (κ1) is 49.0. The molecule has 0 heterocycles. The van der Waals surface area contributed by atoms with Crippen LogP contribution in [-0.2, 0) is 24.6 Å². The maximum atomic E-state index is 7.72. The van der Waals surface area contributed by atoms with Gasteiger partial charge in [0.1, 0.15) is 5.75 Å². The van der Waals surface area contributed by atoms with Gasteiger partial charge in [-0.15, -0.1) is 11.8 Å². The highest BCUT2D eigenvalue weighted by Crippen LogP contribution is 2.52. The van der Waals surface area contributed by atoms with Gasteiger partial charge < -0.3 is 22.8 Å². The van der Waals surface area contributed by atoms with E-state index in [2.05, 4.69) is 146 Å². The lowest BCUT2D eigenvalue weighted by molar-refractivity contribution is -0.0655. The fraction of sp³-hybridized carbons (Fsp3) is 0.783. The first-order valence-electron chi connectivity index (χ1n) is 21.1. The van der Waals surface area contributed by atoms with Gasteiger partial charge in [0.05, 0.1) is 38.1 Å². The number of hydrogen-bond donors (Lipinski definition) is 0. The molecular formula is C46H84O5Si3. The SMILES string of the molecule is CC#CCC(C)(C)C(CC/C(C)=C/[C@H]1[C@H](O[Si](C)(C)C(C)(C)C)[C@@H](C)C[C@@]1(COCc1ccc(OC)cc1)O[Si](C)(C)C(C)(C)C)O[Si](CC)(CC)CC. The van der Waals surface area contributed by atoms with Crippen LogP contribution in [0.25, 0.3) is 0 Å². The molecule has 0 aliphatic heterocycles. The molecule has 1 fully saturated rings. The Bertz CT molecular complexity index is 1380. The van der Waals surface area contributed by atoms with E-state index in [1.807, 2.05) is 19.1 Å². The number of rotatable bonds is 20.